The smallest absolute Gasteiger partial charge is 0.303 e. The first-order chi connectivity index (χ1) is 61.0. The molecule has 756 valence electrons. The topological polar surface area (TPSA) is 671 Å². The Kier molecular flexibility index (Phi) is 128. The zero-order valence-electron chi connectivity index (χ0n) is 77.6. The van der Waals surface area contributed by atoms with Crippen LogP contribution in [0.25, 0.3) is 0 Å². The first kappa shape index (κ1) is 140. The highest BCUT2D eigenvalue weighted by atomic mass is 16.4. The van der Waals surface area contributed by atoms with E-state index in [2.05, 4.69) is 6.58 Å². The summed E-state index contributed by atoms with van der Waals surface area (Å²) in [4.78, 5) is 183. The van der Waals surface area contributed by atoms with Crippen molar-refractivity contribution in [3.05, 3.63) is 12.7 Å². The molecule has 0 radical (unpaired) electrons. The van der Waals surface area contributed by atoms with Crippen molar-refractivity contribution < 1.29 is 178 Å². The highest BCUT2D eigenvalue weighted by Crippen LogP contribution is 2.16. The lowest BCUT2D eigenvalue weighted by Gasteiger charge is -1.98. The van der Waals surface area contributed by atoms with Crippen LogP contribution < -0.4 is 0 Å². The summed E-state index contributed by atoms with van der Waals surface area (Å²) >= 11 is 0. The van der Waals surface area contributed by atoms with Gasteiger partial charge in [0.2, 0.25) is 0 Å². The average Bonchev–Trinajstić information content (AvgIpc) is 1.11. The molecule has 18 N–H and O–H groups in total. The summed E-state index contributed by atoms with van der Waals surface area (Å²) in [5, 5.41) is 150. The van der Waals surface area contributed by atoms with Crippen LogP contribution in [-0.2, 0) is 86.3 Å². The van der Waals surface area contributed by atoms with Gasteiger partial charge in [-0.1, -0.05) is 237 Å². The van der Waals surface area contributed by atoms with Crippen molar-refractivity contribution in [3.8, 4) is 0 Å². The van der Waals surface area contributed by atoms with Crippen LogP contribution in [0.2, 0.25) is 0 Å². The molecule has 0 saturated carbocycles. The van der Waals surface area contributed by atoms with Crippen LogP contribution in [-0.4, -0.2) is 199 Å². The predicted molar refractivity (Wildman–Crippen MR) is 486 cm³/mol. The van der Waals surface area contributed by atoms with Gasteiger partial charge in [-0.25, -0.2) is 0 Å². The molecule has 0 aliphatic carbocycles. The van der Waals surface area contributed by atoms with Gasteiger partial charge in [0, 0.05) is 116 Å². The van der Waals surface area contributed by atoms with Crippen molar-refractivity contribution in [1.29, 1.82) is 0 Å². The number of carboxylic acid groups (broad SMARTS) is 18. The van der Waals surface area contributed by atoms with Gasteiger partial charge in [-0.2, -0.15) is 0 Å². The van der Waals surface area contributed by atoms with E-state index in [0.717, 1.165) is 347 Å². The fourth-order valence-corrected chi connectivity index (χ4v) is 11.3. The van der Waals surface area contributed by atoms with Crippen molar-refractivity contribution >= 4 is 107 Å². The number of unbranched alkanes of at least 4 members (excludes halogenated alkanes) is 45. The maximum atomic E-state index is 10.1. The Morgan fingerprint density at radius 2 is 0.147 bits per heavy atom. The van der Waals surface area contributed by atoms with Gasteiger partial charge in [-0.05, 0) is 122 Å². The lowest BCUT2D eigenvalue weighted by molar-refractivity contribution is -0.138. The molecule has 0 fully saturated rings. The van der Waals surface area contributed by atoms with Crippen molar-refractivity contribution in [1.82, 2.24) is 0 Å². The molecule has 0 aromatic heterocycles. The van der Waals surface area contributed by atoms with Crippen LogP contribution in [0.5, 0.6) is 0 Å². The lowest BCUT2D eigenvalue weighted by Crippen LogP contribution is -1.94. The normalized spacial score (nSPS) is 9.87. The summed E-state index contributed by atoms with van der Waals surface area (Å²) in [5.74, 6) is -13.3. The molecule has 0 heterocycles. The van der Waals surface area contributed by atoms with Crippen molar-refractivity contribution in [2.75, 3.05) is 0 Å². The molecule has 0 rings (SSSR count). The molecule has 36 nitrogen and oxygen atoms in total. The minimum absolute atomic E-state index is 0.245. The molecule has 0 spiro atoms. The SMILES string of the molecule is C=CC.O=C(O)CCCCCCCCC(=O)O.O=C(O)CCCCCCCCC(=O)O.O=C(O)CCCCCCCCC(=O)O.O=C(O)CCCCCCCCC(=O)O.O=C(O)CCCCCCCCC(=O)O.O=C(O)CCCCCCCCC(=O)O.O=C(O)CCCCCCCCC(=O)O.O=C(O)CCCCCCCCC(=O)O.O=C(O)CCCCCCCCC(=O)O. The molecule has 129 heavy (non-hydrogen) atoms. The Hall–Kier alpha value is -9.80. The van der Waals surface area contributed by atoms with E-state index in [1.54, 1.807) is 6.08 Å². The third kappa shape index (κ3) is 201. The quantitative estimate of drug-likeness (QED) is 0.0199. The first-order valence-electron chi connectivity index (χ1n) is 46.5. The minimum atomic E-state index is -0.740. The Labute approximate surface area is 764 Å². The fraction of sp³-hybridized carbons (Fsp3) is 0.785. The van der Waals surface area contributed by atoms with E-state index in [0.29, 0.717) is 0 Å². The van der Waals surface area contributed by atoms with E-state index in [1.165, 1.54) is 0 Å². The van der Waals surface area contributed by atoms with Crippen LogP contribution in [0.15, 0.2) is 12.7 Å². The standard InChI is InChI=1S/9C10H18O4.C3H6/c9*11-9(12)7-5-3-1-2-4-6-8-10(13)14;1-3-2/h9*1-8H2,(H,11,12)(H,13,14);3H,1H2,2H3. The second-order valence-corrected chi connectivity index (χ2v) is 31.1. The Balaban J connectivity index is -0.000000154. The largest absolute Gasteiger partial charge is 0.481 e. The van der Waals surface area contributed by atoms with Gasteiger partial charge in [0.25, 0.3) is 0 Å². The van der Waals surface area contributed by atoms with Crippen LogP contribution >= 0.6 is 0 Å². The van der Waals surface area contributed by atoms with Gasteiger partial charge in [0.1, 0.15) is 0 Å². The molecular formula is C93H168O36. The molecule has 0 bridgehead atoms. The van der Waals surface area contributed by atoms with Crippen molar-refractivity contribution in [2.45, 2.75) is 469 Å². The van der Waals surface area contributed by atoms with E-state index in [-0.39, 0.29) is 116 Å². The van der Waals surface area contributed by atoms with Gasteiger partial charge in [-0.3, -0.25) is 86.3 Å². The Morgan fingerprint density at radius 3 is 0.178 bits per heavy atom. The summed E-state index contributed by atoms with van der Waals surface area (Å²) in [5.41, 5.74) is 0. The number of allylic oxidation sites excluding steroid dienone is 1. The fourth-order valence-electron chi connectivity index (χ4n) is 11.3. The van der Waals surface area contributed by atoms with Crippen molar-refractivity contribution in [2.24, 2.45) is 0 Å². The third-order valence-corrected chi connectivity index (χ3v) is 18.3. The lowest BCUT2D eigenvalue weighted by atomic mass is 10.1. The number of carbonyl (C=O) groups is 18. The summed E-state index contributed by atoms with van der Waals surface area (Å²) in [6.07, 6.45) is 54.2. The molecule has 0 unspecified atom stereocenters. The van der Waals surface area contributed by atoms with Gasteiger partial charge < -0.3 is 91.9 Å². The maximum Gasteiger partial charge on any atom is 0.303 e. The predicted octanol–water partition coefficient (Wildman–Crippen LogP) is 21.7. The number of hydrogen-bond donors (Lipinski definition) is 18. The van der Waals surface area contributed by atoms with E-state index < -0.39 is 107 Å². The van der Waals surface area contributed by atoms with E-state index in [1.807, 2.05) is 6.92 Å². The Morgan fingerprint density at radius 1 is 0.116 bits per heavy atom. The Bertz CT molecular complexity index is 2040. The average molecular weight is 1860 g/mol. The molecule has 0 atom stereocenters. The number of hydrogen-bond acceptors (Lipinski definition) is 18. The molecule has 0 aliphatic rings. The van der Waals surface area contributed by atoms with E-state index >= 15 is 0 Å². The summed E-state index contributed by atoms with van der Waals surface area (Å²) in [6, 6.07) is 0. The monoisotopic (exact) mass is 1860 g/mol. The second kappa shape index (κ2) is 118. The van der Waals surface area contributed by atoms with E-state index in [9.17, 15) is 86.3 Å². The highest BCUT2D eigenvalue weighted by molar-refractivity contribution is 5.71. The zero-order valence-corrected chi connectivity index (χ0v) is 77.6. The molecule has 0 saturated heterocycles. The molecule has 0 amide bonds. The number of rotatable bonds is 81. The highest BCUT2D eigenvalue weighted by Gasteiger charge is 2.08. The maximum absolute atomic E-state index is 10.1. The minimum Gasteiger partial charge on any atom is -0.481 e. The van der Waals surface area contributed by atoms with Gasteiger partial charge in [-0.15, -0.1) is 6.58 Å². The molecule has 36 heteroatoms. The number of carboxylic acids is 18. The van der Waals surface area contributed by atoms with Crippen LogP contribution in [0, 0.1) is 0 Å². The van der Waals surface area contributed by atoms with E-state index in [4.69, 9.17) is 91.9 Å². The van der Waals surface area contributed by atoms with Crippen LogP contribution in [0.1, 0.15) is 469 Å². The van der Waals surface area contributed by atoms with Gasteiger partial charge in [0.15, 0.2) is 0 Å². The summed E-state index contributed by atoms with van der Waals surface area (Å²) < 4.78 is 0. The van der Waals surface area contributed by atoms with Crippen LogP contribution in [0.4, 0.5) is 0 Å². The first-order valence-corrected chi connectivity index (χ1v) is 46.5. The zero-order chi connectivity index (χ0) is 100. The summed E-state index contributed by atoms with van der Waals surface area (Å²) in [7, 11) is 0. The second-order valence-electron chi connectivity index (χ2n) is 31.1. The molecular weight excluding hydrogens is 1690 g/mol. The summed E-state index contributed by atoms with van der Waals surface area (Å²) in [6.45, 7) is 5.25. The van der Waals surface area contributed by atoms with Gasteiger partial charge >= 0.3 is 107 Å². The third-order valence-electron chi connectivity index (χ3n) is 18.3. The number of aliphatic carboxylic acids is 18. The van der Waals surface area contributed by atoms with Crippen molar-refractivity contribution in [3.63, 3.8) is 0 Å². The molecule has 0 aromatic rings. The van der Waals surface area contributed by atoms with Gasteiger partial charge in [0.05, 0.1) is 0 Å². The molecule has 0 aliphatic heterocycles. The molecule has 0 aromatic carbocycles. The van der Waals surface area contributed by atoms with Crippen LogP contribution in [0.3, 0.4) is 0 Å².